The van der Waals surface area contributed by atoms with Gasteiger partial charge in [0.2, 0.25) is 34.2 Å². The van der Waals surface area contributed by atoms with Crippen LogP contribution in [0.15, 0.2) is 196 Å². The van der Waals surface area contributed by atoms with E-state index in [4.69, 9.17) is 31.4 Å². The lowest BCUT2D eigenvalue weighted by Crippen LogP contribution is -2.31. The van der Waals surface area contributed by atoms with E-state index < -0.39 is 24.5 Å². The number of hydrogen-bond donors (Lipinski definition) is 0. The molecule has 440 valence electrons. The summed E-state index contributed by atoms with van der Waals surface area (Å²) >= 11 is 0. The maximum atomic E-state index is 9.08. The minimum atomic E-state index is -2.43. The summed E-state index contributed by atoms with van der Waals surface area (Å²) < 4.78 is 74.7. The lowest BCUT2D eigenvalue weighted by atomic mass is 9.84. The Bertz CT molecular complexity index is 5580. The summed E-state index contributed by atoms with van der Waals surface area (Å²) in [6, 6.07) is 55.7. The fourth-order valence-electron chi connectivity index (χ4n) is 13.7. The van der Waals surface area contributed by atoms with Crippen molar-refractivity contribution >= 4 is 98.9 Å². The first-order valence-corrected chi connectivity index (χ1v) is 31.3. The topological polar surface area (TPSA) is 89.7 Å². The molecule has 6 aromatic carbocycles. The Balaban J connectivity index is 0.000000117. The molecule has 0 bridgehead atoms. The van der Waals surface area contributed by atoms with Gasteiger partial charge in [0.05, 0.1) is 33.2 Å². The normalized spacial score (nSPS) is 16.6. The highest BCUT2D eigenvalue weighted by Gasteiger charge is 2.26. The van der Waals surface area contributed by atoms with E-state index in [1.54, 1.807) is 18.3 Å². The molecule has 2 fully saturated rings. The average molecular weight is 1170 g/mol. The number of aromatic nitrogens is 6. The largest absolute Gasteiger partial charge is 0.438 e. The average Bonchev–Trinajstić information content (AvgIpc) is 1.68. The standard InChI is InChI=1S/C28H27N2O.C27H25N2O.C25H23N2O/c1-18-14-23-24-15-21-10-6-7-11-25(21)29-28(24)31-27(23)17-22(18)26-16-20(12-13-30(26)2)19-8-4-3-5-9-19;1-17-13-22-23-14-20-9-5-6-10-24(20)28-27(23)30-26(22)16-21(17)25-15-19(11-12-29(25)2)18-7-3-4-8-18;1-15(2)17-9-10-27(4)23(13-17)19-14-24-20(11-16(19)3)21-12-18-7-5-6-8-22(18)26-25(21)28-24/h6-7,10-17,19H,3-5,8-9H2,1-2H3;5-6,9-16,18H,3-4,7-8H2,1-2H3;5-15H,1-4H3/q3*+1/i19D;18D;1D3,15D. The Kier molecular flexibility index (Phi) is 12.7. The van der Waals surface area contributed by atoms with E-state index in [2.05, 4.69) is 139 Å². The van der Waals surface area contributed by atoms with Gasteiger partial charge in [-0.2, -0.15) is 0 Å². The zero-order valence-electron chi connectivity index (χ0n) is 57.6. The van der Waals surface area contributed by atoms with Crippen molar-refractivity contribution in [1.82, 2.24) is 15.0 Å². The van der Waals surface area contributed by atoms with E-state index in [9.17, 15) is 0 Å². The second kappa shape index (κ2) is 22.8. The van der Waals surface area contributed by atoms with Gasteiger partial charge in [-0.25, -0.2) is 28.7 Å². The monoisotopic (exact) mass is 1170 g/mol. The Morgan fingerprint density at radius 3 is 1.16 bits per heavy atom. The van der Waals surface area contributed by atoms with Crippen molar-refractivity contribution in [3.8, 4) is 33.8 Å². The fourth-order valence-corrected chi connectivity index (χ4v) is 13.7. The van der Waals surface area contributed by atoms with Crippen molar-refractivity contribution in [2.24, 2.45) is 21.1 Å². The molecule has 9 heterocycles. The number of furan rings is 3. The van der Waals surface area contributed by atoms with Gasteiger partial charge in [0.15, 0.2) is 18.6 Å². The van der Waals surface area contributed by atoms with E-state index in [0.717, 1.165) is 184 Å². The predicted molar refractivity (Wildman–Crippen MR) is 362 cm³/mol. The number of hydrogen-bond acceptors (Lipinski definition) is 6. The van der Waals surface area contributed by atoms with Crippen LogP contribution in [0.5, 0.6) is 0 Å². The van der Waals surface area contributed by atoms with Crippen molar-refractivity contribution in [2.75, 3.05) is 0 Å². The van der Waals surface area contributed by atoms with Crippen molar-refractivity contribution in [3.63, 3.8) is 0 Å². The van der Waals surface area contributed by atoms with Crippen molar-refractivity contribution < 1.29 is 35.2 Å². The highest BCUT2D eigenvalue weighted by molar-refractivity contribution is 6.11. The third kappa shape index (κ3) is 10.4. The van der Waals surface area contributed by atoms with Gasteiger partial charge in [-0.15, -0.1) is 0 Å². The summed E-state index contributed by atoms with van der Waals surface area (Å²) in [6.07, 6.45) is 15.6. The SMILES string of the molecule is [2H]C([2H])([2H])C([2H])(C)c1cc[n+](C)c(-c2cc3oc4nc5ccccc5cc4c3cc2C)c1.[2H]C1(c2cc[n+](C)c(-c3cc4oc5nc6ccccc6cc5c4cc3C)c2)CCCC1.[2H]C1(c2cc[n+](C)c(-c3cc4oc5nc6ccccc6cc5c4cc3C)c2)CCCCC1. The van der Waals surface area contributed by atoms with Crippen LogP contribution in [0.25, 0.3) is 133 Å². The summed E-state index contributed by atoms with van der Waals surface area (Å²) in [5, 5.41) is 9.56. The van der Waals surface area contributed by atoms with Gasteiger partial charge in [-0.05, 0) is 170 Å². The molecule has 0 spiro atoms. The van der Waals surface area contributed by atoms with Crippen LogP contribution in [-0.4, -0.2) is 15.0 Å². The van der Waals surface area contributed by atoms with Crippen LogP contribution < -0.4 is 13.7 Å². The summed E-state index contributed by atoms with van der Waals surface area (Å²) in [5.41, 5.74) is 19.5. The number of fused-ring (bicyclic) bond motifs is 12. The van der Waals surface area contributed by atoms with Gasteiger partial charge in [0.25, 0.3) is 0 Å². The van der Waals surface area contributed by atoms with E-state index in [0.29, 0.717) is 22.7 Å². The molecule has 9 nitrogen and oxygen atoms in total. The second-order valence-corrected chi connectivity index (χ2v) is 24.7. The van der Waals surface area contributed by atoms with E-state index in [-0.39, 0.29) is 0 Å². The number of pyridine rings is 6. The predicted octanol–water partition coefficient (Wildman–Crippen LogP) is 19.6. The smallest absolute Gasteiger partial charge is 0.227 e. The summed E-state index contributed by atoms with van der Waals surface area (Å²) in [7, 11) is 6.06. The molecule has 15 aromatic rings. The third-order valence-electron chi connectivity index (χ3n) is 18.7. The van der Waals surface area contributed by atoms with Gasteiger partial charge in [0, 0.05) is 93.1 Å². The Morgan fingerprint density at radius 1 is 0.427 bits per heavy atom. The molecular weight excluding hydrogens is 1090 g/mol. The minimum Gasteiger partial charge on any atom is -0.438 e. The zero-order chi connectivity index (χ0) is 65.9. The molecule has 89 heavy (non-hydrogen) atoms. The number of para-hydroxylation sites is 3. The lowest BCUT2D eigenvalue weighted by Gasteiger charge is -2.21. The van der Waals surface area contributed by atoms with Crippen LogP contribution in [0, 0.1) is 20.8 Å². The van der Waals surface area contributed by atoms with Gasteiger partial charge in [0.1, 0.15) is 37.9 Å². The first-order valence-electron chi connectivity index (χ1n) is 34.3. The molecule has 9 aromatic heterocycles. The second-order valence-electron chi connectivity index (χ2n) is 24.7. The number of benzene rings is 6. The van der Waals surface area contributed by atoms with E-state index in [1.165, 1.54) is 24.5 Å². The minimum absolute atomic E-state index is 0.447. The molecule has 0 amide bonds. The van der Waals surface area contributed by atoms with Crippen LogP contribution in [0.1, 0.15) is 131 Å². The molecule has 2 aliphatic rings. The maximum Gasteiger partial charge on any atom is 0.227 e. The lowest BCUT2D eigenvalue weighted by molar-refractivity contribution is -0.660. The zero-order valence-corrected chi connectivity index (χ0v) is 51.6. The van der Waals surface area contributed by atoms with Crippen LogP contribution in [0.4, 0.5) is 0 Å². The van der Waals surface area contributed by atoms with E-state index >= 15 is 0 Å². The molecule has 0 N–H and O–H groups in total. The maximum absolute atomic E-state index is 9.08. The molecule has 9 heteroatoms. The van der Waals surface area contributed by atoms with Crippen molar-refractivity contribution in [2.45, 2.75) is 110 Å². The van der Waals surface area contributed by atoms with Gasteiger partial charge in [-0.3, -0.25) is 0 Å². The van der Waals surface area contributed by atoms with Gasteiger partial charge < -0.3 is 13.3 Å². The Labute approximate surface area is 527 Å². The molecule has 0 saturated heterocycles. The third-order valence-corrected chi connectivity index (χ3v) is 18.7. The summed E-state index contributed by atoms with van der Waals surface area (Å²) in [4.78, 5) is 14.2. The molecule has 0 radical (unpaired) electrons. The molecular formula is C80H75N6O3+3. The highest BCUT2D eigenvalue weighted by atomic mass is 16.3. The molecule has 1 unspecified atom stereocenters. The summed E-state index contributed by atoms with van der Waals surface area (Å²) in [5.74, 6) is -2.63. The number of aryl methyl sites for hydroxylation is 6. The first-order chi connectivity index (χ1) is 45.6. The van der Waals surface area contributed by atoms with E-state index in [1.807, 2.05) is 85.3 Å². The summed E-state index contributed by atoms with van der Waals surface area (Å²) in [6.45, 7) is 5.34. The molecule has 2 aliphatic carbocycles. The quantitative estimate of drug-likeness (QED) is 0.154. The Morgan fingerprint density at radius 2 is 0.775 bits per heavy atom. The number of rotatable bonds is 6. The molecule has 0 aliphatic heterocycles. The van der Waals surface area contributed by atoms with Gasteiger partial charge >= 0.3 is 0 Å². The van der Waals surface area contributed by atoms with Crippen molar-refractivity contribution in [1.29, 1.82) is 0 Å². The van der Waals surface area contributed by atoms with Crippen LogP contribution in [0.2, 0.25) is 0 Å². The van der Waals surface area contributed by atoms with Crippen LogP contribution in [0.3, 0.4) is 0 Å². The number of nitrogens with zero attached hydrogens (tertiary/aromatic N) is 6. The van der Waals surface area contributed by atoms with Gasteiger partial charge in [-0.1, -0.05) is 100 Å². The van der Waals surface area contributed by atoms with Crippen LogP contribution >= 0.6 is 0 Å². The fraction of sp³-hybridized carbons (Fsp3) is 0.250. The van der Waals surface area contributed by atoms with Crippen LogP contribution in [-0.2, 0) is 21.1 Å². The molecule has 2 saturated carbocycles. The molecule has 1 atom stereocenters. The molecule has 17 rings (SSSR count). The van der Waals surface area contributed by atoms with Crippen molar-refractivity contribution in [3.05, 3.63) is 216 Å². The highest BCUT2D eigenvalue weighted by Crippen LogP contribution is 2.41. The first kappa shape index (κ1) is 49.4. The Hall–Kier alpha value is -9.60.